The van der Waals surface area contributed by atoms with Crippen LogP contribution in [0.1, 0.15) is 168 Å². The third kappa shape index (κ3) is 34.0. The largest absolute Gasteiger partial charge is 0.472 e. The van der Waals surface area contributed by atoms with Gasteiger partial charge in [0.05, 0.1) is 40.0 Å². The topological polar surface area (TPSA) is 121 Å². The SMILES string of the molecule is CCCCCCCCCCCCCCCC(=O)OCC(COP(=O)(O)OCC[N+](C)(C)C)OC(=O)CCC/C=C\C/C=C\C/C=C\CC1OC1CCCCC. The third-order valence-corrected chi connectivity index (χ3v) is 10.6. The number of likely N-dealkylation sites (N-methyl/N-ethyl adjacent to an activating group) is 1. The molecule has 0 bridgehead atoms. The quantitative estimate of drug-likeness (QED) is 0.0162. The minimum atomic E-state index is -4.39. The fourth-order valence-electron chi connectivity index (χ4n) is 6.04. The molecule has 55 heavy (non-hydrogen) atoms. The molecule has 1 rings (SSSR count). The smallest absolute Gasteiger partial charge is 0.462 e. The summed E-state index contributed by atoms with van der Waals surface area (Å²) in [6.07, 6.45) is 38.0. The summed E-state index contributed by atoms with van der Waals surface area (Å²) < 4.78 is 39.9. The Hall–Kier alpha value is -1.81. The fourth-order valence-corrected chi connectivity index (χ4v) is 6.78. The zero-order valence-electron chi connectivity index (χ0n) is 35.6. The van der Waals surface area contributed by atoms with Crippen LogP contribution in [0.25, 0.3) is 0 Å². The number of esters is 2. The minimum absolute atomic E-state index is 0.0199. The molecule has 10 nitrogen and oxygen atoms in total. The van der Waals surface area contributed by atoms with Crippen LogP contribution in [0.3, 0.4) is 0 Å². The number of nitrogens with zero attached hydrogens (tertiary/aromatic N) is 1. The average molecular weight is 799 g/mol. The molecular formula is C44H81NO9P+. The summed E-state index contributed by atoms with van der Waals surface area (Å²) in [5, 5.41) is 0. The van der Waals surface area contributed by atoms with Gasteiger partial charge in [0.1, 0.15) is 19.8 Å². The van der Waals surface area contributed by atoms with Crippen LogP contribution in [-0.4, -0.2) is 87.1 Å². The number of carbonyl (C=O) groups is 2. The molecule has 4 unspecified atom stereocenters. The van der Waals surface area contributed by atoms with E-state index >= 15 is 0 Å². The number of epoxide rings is 1. The summed E-state index contributed by atoms with van der Waals surface area (Å²) in [6, 6.07) is 0. The number of carbonyl (C=O) groups excluding carboxylic acids is 2. The van der Waals surface area contributed by atoms with Crippen LogP contribution in [0.2, 0.25) is 0 Å². The number of rotatable bonds is 38. The van der Waals surface area contributed by atoms with Gasteiger partial charge in [-0.3, -0.25) is 18.6 Å². The Morgan fingerprint density at radius 3 is 1.84 bits per heavy atom. The summed E-state index contributed by atoms with van der Waals surface area (Å²) in [6.45, 7) is 4.32. The lowest BCUT2D eigenvalue weighted by molar-refractivity contribution is -0.870. The predicted molar refractivity (Wildman–Crippen MR) is 224 cm³/mol. The van der Waals surface area contributed by atoms with Gasteiger partial charge in [-0.05, 0) is 44.9 Å². The highest BCUT2D eigenvalue weighted by Gasteiger charge is 2.36. The van der Waals surface area contributed by atoms with E-state index in [1.807, 2.05) is 27.2 Å². The summed E-state index contributed by atoms with van der Waals surface area (Å²) in [4.78, 5) is 35.3. The lowest BCUT2D eigenvalue weighted by atomic mass is 10.0. The maximum atomic E-state index is 12.7. The highest BCUT2D eigenvalue weighted by atomic mass is 31.2. The van der Waals surface area contributed by atoms with Gasteiger partial charge in [-0.25, -0.2) is 4.57 Å². The molecule has 1 heterocycles. The minimum Gasteiger partial charge on any atom is -0.462 e. The van der Waals surface area contributed by atoms with Crippen molar-refractivity contribution in [3.05, 3.63) is 36.5 Å². The molecule has 1 fully saturated rings. The van der Waals surface area contributed by atoms with E-state index in [-0.39, 0.29) is 32.0 Å². The number of phosphoric acid groups is 1. The van der Waals surface area contributed by atoms with Crippen molar-refractivity contribution in [1.29, 1.82) is 0 Å². The van der Waals surface area contributed by atoms with Crippen molar-refractivity contribution in [1.82, 2.24) is 0 Å². The van der Waals surface area contributed by atoms with Crippen molar-refractivity contribution in [2.75, 3.05) is 47.5 Å². The molecule has 0 aliphatic carbocycles. The molecule has 11 heteroatoms. The highest BCUT2D eigenvalue weighted by molar-refractivity contribution is 7.47. The van der Waals surface area contributed by atoms with Gasteiger partial charge in [0.15, 0.2) is 6.10 Å². The summed E-state index contributed by atoms with van der Waals surface area (Å²) in [7, 11) is 1.44. The van der Waals surface area contributed by atoms with Crippen LogP contribution in [0.15, 0.2) is 36.5 Å². The zero-order valence-corrected chi connectivity index (χ0v) is 36.5. The van der Waals surface area contributed by atoms with Crippen LogP contribution in [-0.2, 0) is 37.4 Å². The molecule has 1 aliphatic rings. The number of unbranched alkanes of at least 4 members (excludes halogenated alkanes) is 15. The molecule has 320 valence electrons. The molecular weight excluding hydrogens is 717 g/mol. The normalized spacial score (nSPS) is 17.6. The highest BCUT2D eigenvalue weighted by Crippen LogP contribution is 2.43. The molecule has 0 amide bonds. The van der Waals surface area contributed by atoms with Gasteiger partial charge < -0.3 is 23.6 Å². The van der Waals surface area contributed by atoms with Gasteiger partial charge in [-0.2, -0.15) is 0 Å². The molecule has 0 aromatic carbocycles. The number of phosphoric ester groups is 1. The van der Waals surface area contributed by atoms with E-state index in [0.29, 0.717) is 36.1 Å². The van der Waals surface area contributed by atoms with Crippen molar-refractivity contribution in [2.45, 2.75) is 186 Å². The van der Waals surface area contributed by atoms with Gasteiger partial charge in [-0.15, -0.1) is 0 Å². The molecule has 0 spiro atoms. The van der Waals surface area contributed by atoms with E-state index in [9.17, 15) is 19.0 Å². The molecule has 1 saturated heterocycles. The molecule has 0 aromatic heterocycles. The first-order valence-electron chi connectivity index (χ1n) is 21.8. The van der Waals surface area contributed by atoms with Gasteiger partial charge in [-0.1, -0.05) is 147 Å². The second-order valence-corrected chi connectivity index (χ2v) is 17.6. The van der Waals surface area contributed by atoms with Gasteiger partial charge >= 0.3 is 19.8 Å². The van der Waals surface area contributed by atoms with E-state index in [1.165, 1.54) is 89.9 Å². The standard InChI is InChI=1S/C44H80NO9P/c1-6-8-10-11-12-13-14-15-16-20-23-26-30-34-43(46)50-38-40(39-52-55(48,49)51-37-36-45(3,4)5)53-44(47)35-31-27-24-21-18-17-19-22-25-29-33-42-41(54-42)32-28-9-7-2/h17,19,21,24-25,29,40-42H,6-16,18,20,22-23,26-28,30-39H2,1-5H3/p+1/b19-17-,24-21-,29-25-. The zero-order chi connectivity index (χ0) is 40.5. The van der Waals surface area contributed by atoms with E-state index in [1.54, 1.807) is 0 Å². The van der Waals surface area contributed by atoms with E-state index in [2.05, 4.69) is 44.2 Å². The Balaban J connectivity index is 2.32. The number of hydrogen-bond acceptors (Lipinski definition) is 8. The maximum Gasteiger partial charge on any atom is 0.472 e. The van der Waals surface area contributed by atoms with Crippen LogP contribution in [0.4, 0.5) is 0 Å². The van der Waals surface area contributed by atoms with Crippen molar-refractivity contribution < 1.29 is 46.8 Å². The lowest BCUT2D eigenvalue weighted by Crippen LogP contribution is -2.37. The average Bonchev–Trinajstić information content (AvgIpc) is 3.89. The van der Waals surface area contributed by atoms with Crippen LogP contribution >= 0.6 is 7.82 Å². The Bertz CT molecular complexity index is 1100. The van der Waals surface area contributed by atoms with Gasteiger partial charge in [0.2, 0.25) is 0 Å². The van der Waals surface area contributed by atoms with Crippen LogP contribution in [0.5, 0.6) is 0 Å². The van der Waals surface area contributed by atoms with Gasteiger partial charge in [0.25, 0.3) is 0 Å². The number of ether oxygens (including phenoxy) is 3. The Kier molecular flexibility index (Phi) is 30.9. The molecule has 0 saturated carbocycles. The summed E-state index contributed by atoms with van der Waals surface area (Å²) in [5.74, 6) is -0.867. The van der Waals surface area contributed by atoms with Crippen molar-refractivity contribution in [2.24, 2.45) is 0 Å². The molecule has 0 aromatic rings. The Morgan fingerprint density at radius 2 is 1.22 bits per heavy atom. The second-order valence-electron chi connectivity index (χ2n) is 16.1. The van der Waals surface area contributed by atoms with Crippen LogP contribution in [0, 0.1) is 0 Å². The predicted octanol–water partition coefficient (Wildman–Crippen LogP) is 11.1. The monoisotopic (exact) mass is 799 g/mol. The van der Waals surface area contributed by atoms with E-state index in [0.717, 1.165) is 38.5 Å². The van der Waals surface area contributed by atoms with Crippen molar-refractivity contribution >= 4 is 19.8 Å². The number of allylic oxidation sites excluding steroid dienone is 5. The first kappa shape index (κ1) is 51.2. The number of quaternary nitrogens is 1. The second kappa shape index (κ2) is 33.2. The number of hydrogen-bond donors (Lipinski definition) is 1. The summed E-state index contributed by atoms with van der Waals surface area (Å²) in [5.41, 5.74) is 0. The molecule has 1 N–H and O–H groups in total. The molecule has 4 atom stereocenters. The fraction of sp³-hybridized carbons (Fsp3) is 0.818. The molecule has 0 radical (unpaired) electrons. The van der Waals surface area contributed by atoms with Crippen molar-refractivity contribution in [3.8, 4) is 0 Å². The summed E-state index contributed by atoms with van der Waals surface area (Å²) >= 11 is 0. The first-order chi connectivity index (χ1) is 26.5. The lowest BCUT2D eigenvalue weighted by Gasteiger charge is -2.24. The first-order valence-corrected chi connectivity index (χ1v) is 23.3. The Morgan fingerprint density at radius 1 is 0.673 bits per heavy atom. The van der Waals surface area contributed by atoms with Crippen molar-refractivity contribution in [3.63, 3.8) is 0 Å². The van der Waals surface area contributed by atoms with Crippen LogP contribution < -0.4 is 0 Å². The maximum absolute atomic E-state index is 12.7. The third-order valence-electron chi connectivity index (χ3n) is 9.60. The van der Waals surface area contributed by atoms with E-state index < -0.39 is 26.5 Å². The van der Waals surface area contributed by atoms with E-state index in [4.69, 9.17) is 23.3 Å². The Labute approximate surface area is 336 Å². The van der Waals surface area contributed by atoms with Gasteiger partial charge in [0, 0.05) is 12.8 Å². The molecule has 1 aliphatic heterocycles.